The third-order valence-corrected chi connectivity index (χ3v) is 5.35. The lowest BCUT2D eigenvalue weighted by atomic mass is 9.84. The molecule has 30 heavy (non-hydrogen) atoms. The molecule has 1 saturated carbocycles. The topological polar surface area (TPSA) is 41.6 Å². The van der Waals surface area contributed by atoms with Gasteiger partial charge in [0.15, 0.2) is 0 Å². The smallest absolute Gasteiger partial charge is 0.427 e. The number of rotatable bonds is 3. The Hall–Kier alpha value is -3.14. The van der Waals surface area contributed by atoms with E-state index in [0.717, 1.165) is 18.4 Å². The summed E-state index contributed by atoms with van der Waals surface area (Å²) in [5.41, 5.74) is -1.12. The minimum Gasteiger partial charge on any atom is -0.497 e. The highest BCUT2D eigenvalue weighted by molar-refractivity contribution is 5.97. The monoisotopic (exact) mass is 414 g/mol. The third-order valence-electron chi connectivity index (χ3n) is 5.35. The van der Waals surface area contributed by atoms with Crippen molar-refractivity contribution in [3.8, 4) is 17.6 Å². The van der Waals surface area contributed by atoms with Crippen molar-refractivity contribution in [1.29, 1.82) is 0 Å². The molecule has 1 fully saturated rings. The Labute approximate surface area is 173 Å². The highest BCUT2D eigenvalue weighted by atomic mass is 19.4. The van der Waals surface area contributed by atoms with Gasteiger partial charge in [-0.25, -0.2) is 4.79 Å². The van der Waals surface area contributed by atoms with Crippen LogP contribution in [-0.2, 0) is 12.1 Å². The van der Waals surface area contributed by atoms with Crippen LogP contribution in [0.15, 0.2) is 42.5 Å². The number of hydrogen-bond donors (Lipinski definition) is 1. The van der Waals surface area contributed by atoms with Crippen LogP contribution in [0.1, 0.15) is 29.5 Å². The number of hydrogen-bond acceptors (Lipinski definition) is 2. The third kappa shape index (κ3) is 3.58. The first kappa shape index (κ1) is 20.1. The first-order valence-electron chi connectivity index (χ1n) is 9.67. The number of aryl methyl sites for hydroxylation is 1. The van der Waals surface area contributed by atoms with Crippen LogP contribution < -0.4 is 15.0 Å². The number of nitrogens with zero attached hydrogens (tertiary/aromatic N) is 1. The fraction of sp³-hybridized carbons (Fsp3) is 0.348. The molecule has 0 saturated heterocycles. The Morgan fingerprint density at radius 2 is 1.90 bits per heavy atom. The zero-order valence-electron chi connectivity index (χ0n) is 16.6. The van der Waals surface area contributed by atoms with Gasteiger partial charge in [-0.1, -0.05) is 41.7 Å². The first-order chi connectivity index (χ1) is 14.2. The van der Waals surface area contributed by atoms with E-state index in [9.17, 15) is 18.0 Å². The normalized spacial score (nSPS) is 20.7. The summed E-state index contributed by atoms with van der Waals surface area (Å²) < 4.78 is 48.1. The maximum Gasteiger partial charge on any atom is 0.427 e. The van der Waals surface area contributed by atoms with Crippen molar-refractivity contribution >= 4 is 11.7 Å². The predicted octanol–water partition coefficient (Wildman–Crippen LogP) is 4.90. The molecule has 2 amide bonds. The lowest BCUT2D eigenvalue weighted by Crippen LogP contribution is -2.62. The molecule has 2 aromatic carbocycles. The van der Waals surface area contributed by atoms with Crippen molar-refractivity contribution in [3.63, 3.8) is 0 Å². The van der Waals surface area contributed by atoms with E-state index < -0.39 is 17.7 Å². The van der Waals surface area contributed by atoms with Gasteiger partial charge in [-0.05, 0) is 43.5 Å². The van der Waals surface area contributed by atoms with E-state index in [2.05, 4.69) is 17.2 Å². The highest BCUT2D eigenvalue weighted by Crippen LogP contribution is 2.46. The molecule has 1 aliphatic carbocycles. The van der Waals surface area contributed by atoms with E-state index in [1.54, 1.807) is 50.4 Å². The number of anilines is 1. The summed E-state index contributed by atoms with van der Waals surface area (Å²) in [5.74, 6) is 5.74. The van der Waals surface area contributed by atoms with E-state index in [-0.39, 0.29) is 23.7 Å². The second kappa shape index (κ2) is 7.28. The van der Waals surface area contributed by atoms with Gasteiger partial charge in [-0.15, -0.1) is 0 Å². The van der Waals surface area contributed by atoms with Crippen LogP contribution in [0.25, 0.3) is 0 Å². The number of methoxy groups -OCH3 is 1. The number of fused-ring (bicyclic) bond motifs is 1. The van der Waals surface area contributed by atoms with Gasteiger partial charge in [0, 0.05) is 11.5 Å². The quantitative estimate of drug-likeness (QED) is 0.726. The maximum absolute atomic E-state index is 14.3. The molecule has 0 spiro atoms. The molecule has 1 aliphatic heterocycles. The summed E-state index contributed by atoms with van der Waals surface area (Å²) in [5, 5.41) is 2.19. The molecule has 4 rings (SSSR count). The lowest BCUT2D eigenvalue weighted by Gasteiger charge is -2.42. The minimum absolute atomic E-state index is 0.0354. The van der Waals surface area contributed by atoms with Crippen LogP contribution in [0, 0.1) is 24.7 Å². The van der Waals surface area contributed by atoms with Crippen LogP contribution in [0.5, 0.6) is 5.75 Å². The predicted molar refractivity (Wildman–Crippen MR) is 107 cm³/mol. The average Bonchev–Trinajstić information content (AvgIpc) is 3.53. The van der Waals surface area contributed by atoms with Crippen LogP contribution in [-0.4, -0.2) is 19.3 Å². The second-order valence-electron chi connectivity index (χ2n) is 7.68. The van der Waals surface area contributed by atoms with Crippen molar-refractivity contribution in [3.05, 3.63) is 59.2 Å². The number of urea groups is 1. The second-order valence-corrected chi connectivity index (χ2v) is 7.68. The lowest BCUT2D eigenvalue weighted by molar-refractivity contribution is -0.179. The van der Waals surface area contributed by atoms with Crippen molar-refractivity contribution in [2.24, 2.45) is 5.92 Å². The summed E-state index contributed by atoms with van der Waals surface area (Å²) in [4.78, 5) is 14.2. The first-order valence-corrected chi connectivity index (χ1v) is 9.67. The summed E-state index contributed by atoms with van der Waals surface area (Å²) in [6, 6.07) is 10.9. The SMILES string of the molecule is COc1ccc(CN2C(=O)N[C@](C#CC3CC3)(C(F)(F)F)c3cc(C)ccc32)cc1. The van der Waals surface area contributed by atoms with Crippen molar-refractivity contribution in [2.45, 2.75) is 38.0 Å². The van der Waals surface area contributed by atoms with Gasteiger partial charge < -0.3 is 10.1 Å². The van der Waals surface area contributed by atoms with Gasteiger partial charge in [0.25, 0.3) is 0 Å². The summed E-state index contributed by atoms with van der Waals surface area (Å²) in [6.07, 6.45) is -3.18. The highest BCUT2D eigenvalue weighted by Gasteiger charge is 2.60. The van der Waals surface area contributed by atoms with Crippen LogP contribution in [0.3, 0.4) is 0 Å². The van der Waals surface area contributed by atoms with E-state index in [4.69, 9.17) is 4.74 Å². The minimum atomic E-state index is -4.76. The Balaban J connectivity index is 1.80. The van der Waals surface area contributed by atoms with Crippen molar-refractivity contribution < 1.29 is 22.7 Å². The summed E-state index contributed by atoms with van der Waals surface area (Å²) in [7, 11) is 1.55. The fourth-order valence-corrected chi connectivity index (χ4v) is 3.49. The van der Waals surface area contributed by atoms with Gasteiger partial charge in [0.05, 0.1) is 19.3 Å². The number of halogens is 3. The molecule has 0 unspecified atom stereocenters. The Morgan fingerprint density at radius 1 is 1.20 bits per heavy atom. The molecule has 1 atom stereocenters. The molecule has 0 radical (unpaired) electrons. The number of carbonyl (C=O) groups excluding carboxylic acids is 1. The van der Waals surface area contributed by atoms with E-state index in [0.29, 0.717) is 11.3 Å². The molecule has 1 heterocycles. The van der Waals surface area contributed by atoms with Crippen molar-refractivity contribution in [1.82, 2.24) is 5.32 Å². The number of alkyl halides is 3. The molecule has 0 bridgehead atoms. The molecule has 156 valence electrons. The van der Waals surface area contributed by atoms with E-state index in [1.165, 1.54) is 11.0 Å². The Bertz CT molecular complexity index is 1030. The molecule has 1 N–H and O–H groups in total. The number of ether oxygens (including phenoxy) is 1. The van der Waals surface area contributed by atoms with Gasteiger partial charge >= 0.3 is 12.2 Å². The number of amides is 2. The molecular formula is C23H21F3N2O2. The Kier molecular flexibility index (Phi) is 4.89. The average molecular weight is 414 g/mol. The maximum atomic E-state index is 14.3. The van der Waals surface area contributed by atoms with Gasteiger partial charge in [-0.3, -0.25) is 4.90 Å². The Morgan fingerprint density at radius 3 is 2.50 bits per heavy atom. The molecular weight excluding hydrogens is 393 g/mol. The molecule has 2 aromatic rings. The molecule has 0 aromatic heterocycles. The van der Waals surface area contributed by atoms with Gasteiger partial charge in [-0.2, -0.15) is 13.2 Å². The fourth-order valence-electron chi connectivity index (χ4n) is 3.49. The number of nitrogens with one attached hydrogen (secondary N) is 1. The van der Waals surface area contributed by atoms with E-state index in [1.807, 2.05) is 0 Å². The molecule has 7 heteroatoms. The zero-order chi connectivity index (χ0) is 21.5. The standard InChI is InChI=1S/C23H21F3N2O2/c1-15-3-10-20-19(13-15)22(23(24,25)26,12-11-16-4-5-16)27-21(29)28(20)14-17-6-8-18(30-2)9-7-17/h3,6-10,13,16H,4-5,14H2,1-2H3,(H,27,29)/t22-/m0/s1. The van der Waals surface area contributed by atoms with Gasteiger partial charge in [0.2, 0.25) is 5.54 Å². The van der Waals surface area contributed by atoms with E-state index >= 15 is 0 Å². The van der Waals surface area contributed by atoms with Crippen LogP contribution in [0.2, 0.25) is 0 Å². The summed E-state index contributed by atoms with van der Waals surface area (Å²) >= 11 is 0. The molecule has 2 aliphatic rings. The largest absolute Gasteiger partial charge is 0.497 e. The number of benzene rings is 2. The zero-order valence-corrected chi connectivity index (χ0v) is 16.6. The van der Waals surface area contributed by atoms with Crippen molar-refractivity contribution in [2.75, 3.05) is 12.0 Å². The van der Waals surface area contributed by atoms with Gasteiger partial charge in [0.1, 0.15) is 5.75 Å². The molecule has 4 nitrogen and oxygen atoms in total. The van der Waals surface area contributed by atoms with Crippen LogP contribution >= 0.6 is 0 Å². The number of carbonyl (C=O) groups is 1. The van der Waals surface area contributed by atoms with Crippen LogP contribution in [0.4, 0.5) is 23.7 Å². The summed E-state index contributed by atoms with van der Waals surface area (Å²) in [6.45, 7) is 1.84.